The molecule has 1 fully saturated rings. The van der Waals surface area contributed by atoms with E-state index in [2.05, 4.69) is 4.99 Å². The highest BCUT2D eigenvalue weighted by Gasteiger charge is 2.26. The van der Waals surface area contributed by atoms with Gasteiger partial charge in [-0.05, 0) is 6.92 Å². The minimum Gasteiger partial charge on any atom is -0.443 e. The molecular weight excluding hydrogens is 157 g/mol. The lowest BCUT2D eigenvalue weighted by atomic mass is 10.3. The topological polar surface area (TPSA) is 67.9 Å². The minimum absolute atomic E-state index is 0.263. The number of carbonyl (C=O) groups is 1. The van der Waals surface area contributed by atoms with Crippen LogP contribution >= 0.6 is 0 Å². The molecule has 0 bridgehead atoms. The molecular formula is C6H10BN3O2. The molecule has 0 aromatic rings. The van der Waals surface area contributed by atoms with E-state index in [0.717, 1.165) is 4.81 Å². The van der Waals surface area contributed by atoms with Crippen LogP contribution in [0.2, 0.25) is 0 Å². The summed E-state index contributed by atoms with van der Waals surface area (Å²) in [7, 11) is 5.25. The third-order valence-corrected chi connectivity index (χ3v) is 1.45. The number of rotatable bonds is 2. The molecule has 1 rings (SSSR count). The van der Waals surface area contributed by atoms with E-state index in [9.17, 15) is 4.79 Å². The summed E-state index contributed by atoms with van der Waals surface area (Å²) in [6, 6.07) is 0. The summed E-state index contributed by atoms with van der Waals surface area (Å²) in [5, 5.41) is 0. The first-order valence-corrected chi connectivity index (χ1v) is 3.59. The molecule has 1 aliphatic heterocycles. The fraction of sp³-hybridized carbons (Fsp3) is 0.667. The Balaban J connectivity index is 2.38. The van der Waals surface area contributed by atoms with Crippen LogP contribution in [-0.2, 0) is 4.74 Å². The average molecular weight is 167 g/mol. The van der Waals surface area contributed by atoms with Crippen LogP contribution in [-0.4, -0.2) is 43.9 Å². The molecule has 1 amide bonds. The Morgan fingerprint density at radius 3 is 3.08 bits per heavy atom. The lowest BCUT2D eigenvalue weighted by molar-refractivity contribution is 0.140. The van der Waals surface area contributed by atoms with Gasteiger partial charge in [0.25, 0.3) is 0 Å². The number of nitrogens with two attached hydrogens (primary N) is 1. The van der Waals surface area contributed by atoms with Crippen molar-refractivity contribution in [1.29, 1.82) is 0 Å². The number of amides is 1. The number of amidine groups is 1. The second-order valence-corrected chi connectivity index (χ2v) is 2.64. The van der Waals surface area contributed by atoms with E-state index in [0.29, 0.717) is 18.9 Å². The van der Waals surface area contributed by atoms with E-state index in [4.69, 9.17) is 18.5 Å². The molecule has 5 nitrogen and oxygen atoms in total. The van der Waals surface area contributed by atoms with Crippen molar-refractivity contribution in [3.63, 3.8) is 0 Å². The Labute approximate surface area is 72.0 Å². The zero-order valence-electron chi connectivity index (χ0n) is 6.86. The van der Waals surface area contributed by atoms with E-state index in [1.54, 1.807) is 6.92 Å². The number of cyclic esters (lactones) is 1. The predicted octanol–water partition coefficient (Wildman–Crippen LogP) is -0.732. The maximum absolute atomic E-state index is 10.7. The summed E-state index contributed by atoms with van der Waals surface area (Å²) < 4.78 is 4.82. The van der Waals surface area contributed by atoms with Crippen LogP contribution in [0.15, 0.2) is 4.99 Å². The van der Waals surface area contributed by atoms with E-state index in [1.165, 1.54) is 0 Å². The summed E-state index contributed by atoms with van der Waals surface area (Å²) in [5.74, 6) is 0.474. The Morgan fingerprint density at radius 2 is 2.67 bits per heavy atom. The molecule has 6 heteroatoms. The zero-order valence-corrected chi connectivity index (χ0v) is 6.86. The summed E-state index contributed by atoms with van der Waals surface area (Å²) in [5.41, 5.74) is 5.30. The molecule has 2 N–H and O–H groups in total. The standard InChI is InChI=1S/C6H10BN3O2/c1-4(8)9-2-5-3-10(7)6(11)12-5/h5H,2-3H2,1H3,(H2,8,9)/t5-/m0/s1. The smallest absolute Gasteiger partial charge is 0.397 e. The van der Waals surface area contributed by atoms with Gasteiger partial charge in [0.2, 0.25) is 7.98 Å². The lowest BCUT2D eigenvalue weighted by Gasteiger charge is -2.03. The molecule has 0 spiro atoms. The molecule has 1 heterocycles. The molecule has 64 valence electrons. The number of nitrogens with zero attached hydrogens (tertiary/aromatic N) is 2. The van der Waals surface area contributed by atoms with Crippen molar-refractivity contribution in [2.24, 2.45) is 10.7 Å². The second kappa shape index (κ2) is 3.47. The number of aliphatic imine (C=N–C) groups is 1. The van der Waals surface area contributed by atoms with Gasteiger partial charge in [-0.2, -0.15) is 0 Å². The summed E-state index contributed by atoms with van der Waals surface area (Å²) in [4.78, 5) is 15.7. The van der Waals surface area contributed by atoms with Gasteiger partial charge >= 0.3 is 6.09 Å². The predicted molar refractivity (Wildman–Crippen MR) is 44.9 cm³/mol. The Morgan fingerprint density at radius 1 is 2.00 bits per heavy atom. The minimum atomic E-state index is -0.509. The average Bonchev–Trinajstić information content (AvgIpc) is 2.28. The van der Waals surface area contributed by atoms with Crippen molar-refractivity contribution in [3.8, 4) is 0 Å². The Kier molecular flexibility index (Phi) is 2.57. The summed E-state index contributed by atoms with van der Waals surface area (Å²) in [6.07, 6.45) is -0.772. The van der Waals surface area contributed by atoms with Crippen molar-refractivity contribution in [2.75, 3.05) is 13.1 Å². The highest BCUT2D eigenvalue weighted by atomic mass is 16.6. The molecule has 0 unspecified atom stereocenters. The van der Waals surface area contributed by atoms with Crippen molar-refractivity contribution >= 4 is 19.9 Å². The first kappa shape index (κ1) is 8.90. The first-order chi connectivity index (χ1) is 5.59. The largest absolute Gasteiger partial charge is 0.443 e. The lowest BCUT2D eigenvalue weighted by Crippen LogP contribution is -2.22. The molecule has 12 heavy (non-hydrogen) atoms. The Hall–Kier alpha value is -1.20. The van der Waals surface area contributed by atoms with Crippen LogP contribution in [0.25, 0.3) is 0 Å². The molecule has 0 aliphatic carbocycles. The molecule has 0 aromatic carbocycles. The van der Waals surface area contributed by atoms with Gasteiger partial charge in [-0.15, -0.1) is 0 Å². The maximum Gasteiger partial charge on any atom is 0.397 e. The third kappa shape index (κ3) is 2.15. The molecule has 1 atom stereocenters. The molecule has 0 aromatic heterocycles. The van der Waals surface area contributed by atoms with Crippen LogP contribution in [0.5, 0.6) is 0 Å². The van der Waals surface area contributed by atoms with E-state index >= 15 is 0 Å². The Bertz CT molecular complexity index is 215. The quantitative estimate of drug-likeness (QED) is 0.334. The van der Waals surface area contributed by atoms with E-state index < -0.39 is 6.09 Å². The van der Waals surface area contributed by atoms with Crippen molar-refractivity contribution in [2.45, 2.75) is 13.0 Å². The second-order valence-electron chi connectivity index (χ2n) is 2.64. The monoisotopic (exact) mass is 167 g/mol. The molecule has 1 saturated heterocycles. The number of carbonyl (C=O) groups excluding carboxylic acids is 1. The normalized spacial score (nSPS) is 24.4. The van der Waals surface area contributed by atoms with Crippen molar-refractivity contribution < 1.29 is 9.53 Å². The molecule has 0 saturated carbocycles. The fourth-order valence-corrected chi connectivity index (χ4v) is 0.882. The van der Waals surface area contributed by atoms with Gasteiger partial charge in [0.15, 0.2) is 0 Å². The zero-order chi connectivity index (χ0) is 9.14. The van der Waals surface area contributed by atoms with Gasteiger partial charge in [0, 0.05) is 6.54 Å². The fourth-order valence-electron chi connectivity index (χ4n) is 0.882. The van der Waals surface area contributed by atoms with Gasteiger partial charge in [0.05, 0.1) is 12.4 Å². The van der Waals surface area contributed by atoms with Crippen molar-refractivity contribution in [3.05, 3.63) is 0 Å². The van der Waals surface area contributed by atoms with Crippen LogP contribution in [0.1, 0.15) is 6.92 Å². The van der Waals surface area contributed by atoms with Gasteiger partial charge in [-0.1, -0.05) is 0 Å². The summed E-state index contributed by atoms with van der Waals surface area (Å²) >= 11 is 0. The molecule has 2 radical (unpaired) electrons. The summed E-state index contributed by atoms with van der Waals surface area (Å²) in [6.45, 7) is 2.42. The highest BCUT2D eigenvalue weighted by molar-refractivity contribution is 6.13. The van der Waals surface area contributed by atoms with E-state index in [1.807, 2.05) is 0 Å². The third-order valence-electron chi connectivity index (χ3n) is 1.45. The van der Waals surface area contributed by atoms with Gasteiger partial charge < -0.3 is 15.3 Å². The maximum atomic E-state index is 10.7. The van der Waals surface area contributed by atoms with Crippen LogP contribution < -0.4 is 5.73 Å². The van der Waals surface area contributed by atoms with E-state index in [-0.39, 0.29) is 6.10 Å². The van der Waals surface area contributed by atoms with Crippen LogP contribution in [0.4, 0.5) is 4.79 Å². The van der Waals surface area contributed by atoms with Crippen LogP contribution in [0, 0.1) is 0 Å². The first-order valence-electron chi connectivity index (χ1n) is 3.59. The van der Waals surface area contributed by atoms with Gasteiger partial charge in [-0.3, -0.25) is 4.99 Å². The molecule has 1 aliphatic rings. The number of hydrogen-bond donors (Lipinski definition) is 1. The number of ether oxygens (including phenoxy) is 1. The SMILES string of the molecule is [B]N1C[C@H](CN=C(C)N)OC1=O. The van der Waals surface area contributed by atoms with Crippen LogP contribution in [0.3, 0.4) is 0 Å². The number of hydrogen-bond acceptors (Lipinski definition) is 3. The van der Waals surface area contributed by atoms with Gasteiger partial charge in [0.1, 0.15) is 6.10 Å². The highest BCUT2D eigenvalue weighted by Crippen LogP contribution is 2.07. The van der Waals surface area contributed by atoms with Crippen molar-refractivity contribution in [1.82, 2.24) is 4.81 Å². The van der Waals surface area contributed by atoms with Gasteiger partial charge in [-0.25, -0.2) is 4.79 Å².